The molecular formula is C16H16N2O4. The van der Waals surface area contributed by atoms with Crippen molar-refractivity contribution < 1.29 is 14.5 Å². The van der Waals surface area contributed by atoms with Gasteiger partial charge >= 0.3 is 0 Å². The van der Waals surface area contributed by atoms with Crippen LogP contribution in [0.3, 0.4) is 0 Å². The SMILES string of the molecule is CCOc1ccc(NC(=O)Cc2ccccc2[N+](=O)[O-])cc1. The van der Waals surface area contributed by atoms with Crippen LogP contribution in [-0.4, -0.2) is 17.4 Å². The minimum absolute atomic E-state index is 0.0512. The molecule has 0 atom stereocenters. The highest BCUT2D eigenvalue weighted by Gasteiger charge is 2.15. The highest BCUT2D eigenvalue weighted by molar-refractivity contribution is 5.92. The van der Waals surface area contributed by atoms with Crippen LogP contribution in [0.5, 0.6) is 5.75 Å². The Morgan fingerprint density at radius 1 is 1.18 bits per heavy atom. The van der Waals surface area contributed by atoms with Crippen LogP contribution < -0.4 is 10.1 Å². The molecule has 0 unspecified atom stereocenters. The predicted octanol–water partition coefficient (Wildman–Crippen LogP) is 3.17. The zero-order valence-corrected chi connectivity index (χ0v) is 12.1. The molecule has 2 aromatic rings. The van der Waals surface area contributed by atoms with Gasteiger partial charge in [0, 0.05) is 17.3 Å². The van der Waals surface area contributed by atoms with E-state index in [1.54, 1.807) is 42.5 Å². The van der Waals surface area contributed by atoms with Crippen molar-refractivity contribution in [1.29, 1.82) is 0 Å². The lowest BCUT2D eigenvalue weighted by Crippen LogP contribution is -2.15. The number of nitro groups is 1. The molecule has 0 saturated heterocycles. The monoisotopic (exact) mass is 300 g/mol. The van der Waals surface area contributed by atoms with Crippen molar-refractivity contribution in [3.63, 3.8) is 0 Å². The molecule has 0 bridgehead atoms. The van der Waals surface area contributed by atoms with E-state index in [0.29, 0.717) is 17.9 Å². The first-order valence-electron chi connectivity index (χ1n) is 6.85. The fourth-order valence-electron chi connectivity index (χ4n) is 2.02. The van der Waals surface area contributed by atoms with Gasteiger partial charge in [-0.25, -0.2) is 0 Å². The highest BCUT2D eigenvalue weighted by atomic mass is 16.6. The second-order valence-electron chi connectivity index (χ2n) is 4.57. The van der Waals surface area contributed by atoms with Crippen LogP contribution in [0, 0.1) is 10.1 Å². The summed E-state index contributed by atoms with van der Waals surface area (Å²) in [5.41, 5.74) is 0.951. The third-order valence-corrected chi connectivity index (χ3v) is 2.99. The number of hydrogen-bond acceptors (Lipinski definition) is 4. The molecule has 0 saturated carbocycles. The summed E-state index contributed by atoms with van der Waals surface area (Å²) in [5, 5.41) is 13.6. The lowest BCUT2D eigenvalue weighted by atomic mass is 10.1. The average molecular weight is 300 g/mol. The van der Waals surface area contributed by atoms with E-state index in [-0.39, 0.29) is 18.0 Å². The summed E-state index contributed by atoms with van der Waals surface area (Å²) in [4.78, 5) is 22.4. The number of rotatable bonds is 6. The summed E-state index contributed by atoms with van der Waals surface area (Å²) in [6.07, 6.45) is -0.0512. The van der Waals surface area contributed by atoms with E-state index >= 15 is 0 Å². The number of benzene rings is 2. The van der Waals surface area contributed by atoms with Gasteiger partial charge in [-0.3, -0.25) is 14.9 Å². The highest BCUT2D eigenvalue weighted by Crippen LogP contribution is 2.19. The van der Waals surface area contributed by atoms with Gasteiger partial charge in [-0.2, -0.15) is 0 Å². The lowest BCUT2D eigenvalue weighted by Gasteiger charge is -2.07. The largest absolute Gasteiger partial charge is 0.494 e. The smallest absolute Gasteiger partial charge is 0.273 e. The predicted molar refractivity (Wildman–Crippen MR) is 83.0 cm³/mol. The number of nitrogens with zero attached hydrogens (tertiary/aromatic N) is 1. The fourth-order valence-corrected chi connectivity index (χ4v) is 2.02. The van der Waals surface area contributed by atoms with Crippen molar-refractivity contribution in [2.45, 2.75) is 13.3 Å². The molecule has 0 aliphatic rings. The van der Waals surface area contributed by atoms with E-state index in [4.69, 9.17) is 4.74 Å². The van der Waals surface area contributed by atoms with Crippen LogP contribution in [-0.2, 0) is 11.2 Å². The summed E-state index contributed by atoms with van der Waals surface area (Å²) < 4.78 is 5.32. The molecule has 0 spiro atoms. The standard InChI is InChI=1S/C16H16N2O4/c1-2-22-14-9-7-13(8-10-14)17-16(19)11-12-5-3-4-6-15(12)18(20)21/h3-10H,2,11H2,1H3,(H,17,19). The molecule has 0 fully saturated rings. The quantitative estimate of drug-likeness (QED) is 0.656. The summed E-state index contributed by atoms with van der Waals surface area (Å²) in [6, 6.07) is 13.2. The Morgan fingerprint density at radius 2 is 1.86 bits per heavy atom. The Hall–Kier alpha value is -2.89. The molecule has 2 rings (SSSR count). The normalized spacial score (nSPS) is 10.0. The van der Waals surface area contributed by atoms with Crippen molar-refractivity contribution in [2.75, 3.05) is 11.9 Å². The molecule has 0 radical (unpaired) electrons. The lowest BCUT2D eigenvalue weighted by molar-refractivity contribution is -0.385. The Bertz CT molecular complexity index is 668. The second-order valence-corrected chi connectivity index (χ2v) is 4.57. The van der Waals surface area contributed by atoms with E-state index in [2.05, 4.69) is 5.32 Å². The number of carbonyl (C=O) groups is 1. The third-order valence-electron chi connectivity index (χ3n) is 2.99. The summed E-state index contributed by atoms with van der Waals surface area (Å²) >= 11 is 0. The van der Waals surface area contributed by atoms with Gasteiger partial charge in [-0.05, 0) is 31.2 Å². The summed E-state index contributed by atoms with van der Waals surface area (Å²) in [7, 11) is 0. The fraction of sp³-hybridized carbons (Fsp3) is 0.188. The van der Waals surface area contributed by atoms with Gasteiger partial charge in [0.2, 0.25) is 5.91 Å². The van der Waals surface area contributed by atoms with Crippen molar-refractivity contribution in [2.24, 2.45) is 0 Å². The molecule has 1 amide bonds. The maximum atomic E-state index is 12.0. The summed E-state index contributed by atoms with van der Waals surface area (Å²) in [5.74, 6) is 0.414. The molecular weight excluding hydrogens is 284 g/mol. The van der Waals surface area contributed by atoms with Crippen molar-refractivity contribution in [3.8, 4) is 5.75 Å². The minimum Gasteiger partial charge on any atom is -0.494 e. The van der Waals surface area contributed by atoms with Gasteiger partial charge in [-0.15, -0.1) is 0 Å². The molecule has 0 aromatic heterocycles. The number of nitrogens with one attached hydrogen (secondary N) is 1. The van der Waals surface area contributed by atoms with Gasteiger partial charge in [0.1, 0.15) is 5.75 Å². The first-order chi connectivity index (χ1) is 10.6. The third kappa shape index (κ3) is 4.05. The van der Waals surface area contributed by atoms with Crippen molar-refractivity contribution in [3.05, 3.63) is 64.2 Å². The Kier molecular flexibility index (Phi) is 5.08. The zero-order chi connectivity index (χ0) is 15.9. The number of carbonyl (C=O) groups excluding carboxylic acids is 1. The number of amides is 1. The molecule has 0 aliphatic carbocycles. The van der Waals surface area contributed by atoms with Crippen molar-refractivity contribution in [1.82, 2.24) is 0 Å². The maximum Gasteiger partial charge on any atom is 0.273 e. The molecule has 6 nitrogen and oxygen atoms in total. The van der Waals surface area contributed by atoms with Gasteiger partial charge in [0.15, 0.2) is 0 Å². The molecule has 114 valence electrons. The zero-order valence-electron chi connectivity index (χ0n) is 12.1. The Morgan fingerprint density at radius 3 is 2.50 bits per heavy atom. The van der Waals surface area contributed by atoms with Gasteiger partial charge in [0.25, 0.3) is 5.69 Å². The molecule has 6 heteroatoms. The minimum atomic E-state index is -0.487. The number of anilines is 1. The van der Waals surface area contributed by atoms with E-state index in [9.17, 15) is 14.9 Å². The van der Waals surface area contributed by atoms with Crippen LogP contribution >= 0.6 is 0 Å². The first kappa shape index (κ1) is 15.5. The molecule has 2 aromatic carbocycles. The number of nitro benzene ring substituents is 1. The van der Waals surface area contributed by atoms with Gasteiger partial charge in [0.05, 0.1) is 18.0 Å². The Labute approximate surface area is 127 Å². The summed E-state index contributed by atoms with van der Waals surface area (Å²) in [6.45, 7) is 2.46. The topological polar surface area (TPSA) is 81.5 Å². The number of ether oxygens (including phenoxy) is 1. The van der Waals surface area contributed by atoms with E-state index < -0.39 is 4.92 Å². The molecule has 0 heterocycles. The van der Waals surface area contributed by atoms with E-state index in [1.807, 2.05) is 6.92 Å². The van der Waals surface area contributed by atoms with Crippen LogP contribution in [0.25, 0.3) is 0 Å². The van der Waals surface area contributed by atoms with Crippen LogP contribution in [0.15, 0.2) is 48.5 Å². The molecule has 1 N–H and O–H groups in total. The molecule has 0 aliphatic heterocycles. The van der Waals surface area contributed by atoms with E-state index in [0.717, 1.165) is 5.75 Å². The number of hydrogen-bond donors (Lipinski definition) is 1. The van der Waals surface area contributed by atoms with Gasteiger partial charge in [-0.1, -0.05) is 18.2 Å². The maximum absolute atomic E-state index is 12.0. The average Bonchev–Trinajstić information content (AvgIpc) is 2.50. The second kappa shape index (κ2) is 7.21. The van der Waals surface area contributed by atoms with Gasteiger partial charge < -0.3 is 10.1 Å². The first-order valence-corrected chi connectivity index (χ1v) is 6.85. The van der Waals surface area contributed by atoms with Crippen molar-refractivity contribution >= 4 is 17.3 Å². The Balaban J connectivity index is 2.02. The number of para-hydroxylation sites is 1. The molecule has 22 heavy (non-hydrogen) atoms. The van der Waals surface area contributed by atoms with Crippen LogP contribution in [0.1, 0.15) is 12.5 Å². The van der Waals surface area contributed by atoms with E-state index in [1.165, 1.54) is 6.07 Å². The van der Waals surface area contributed by atoms with Crippen LogP contribution in [0.2, 0.25) is 0 Å². The van der Waals surface area contributed by atoms with Crippen LogP contribution in [0.4, 0.5) is 11.4 Å².